The van der Waals surface area contributed by atoms with E-state index >= 15 is 0 Å². The highest BCUT2D eigenvalue weighted by Crippen LogP contribution is 2.38. The minimum atomic E-state index is -2.25. The second kappa shape index (κ2) is 9.28. The van der Waals surface area contributed by atoms with Crippen molar-refractivity contribution in [2.45, 2.75) is 13.5 Å². The highest BCUT2D eigenvalue weighted by Gasteiger charge is 2.31. The molecule has 0 aliphatic carbocycles. The zero-order chi connectivity index (χ0) is 25.4. The molecule has 3 aromatic carbocycles. The Labute approximate surface area is 196 Å². The number of hydrogen-bond donors (Lipinski definition) is 0. The summed E-state index contributed by atoms with van der Waals surface area (Å²) >= 11 is 0. The van der Waals surface area contributed by atoms with Crippen LogP contribution in [0.25, 0.3) is 6.08 Å². The Morgan fingerprint density at radius 1 is 0.857 bits per heavy atom. The molecule has 0 atom stereocenters. The lowest BCUT2D eigenvalue weighted by atomic mass is 10.0. The van der Waals surface area contributed by atoms with Gasteiger partial charge in [0.05, 0.1) is 25.3 Å². The van der Waals surface area contributed by atoms with Gasteiger partial charge in [-0.25, -0.2) is 22.0 Å². The van der Waals surface area contributed by atoms with E-state index in [1.807, 2.05) is 0 Å². The second-order valence-corrected chi connectivity index (χ2v) is 7.50. The third kappa shape index (κ3) is 4.27. The molecule has 0 N–H and O–H groups in total. The summed E-state index contributed by atoms with van der Waals surface area (Å²) < 4.78 is 89.3. The minimum absolute atomic E-state index is 0.00496. The largest absolute Gasteiger partial charge is 0.493 e. The number of allylic oxidation sites excluding steroid dienone is 1. The van der Waals surface area contributed by atoms with Crippen LogP contribution in [0.15, 0.2) is 36.1 Å². The zero-order valence-corrected chi connectivity index (χ0v) is 18.6. The van der Waals surface area contributed by atoms with Crippen molar-refractivity contribution < 1.29 is 45.7 Å². The maximum atomic E-state index is 13.9. The Morgan fingerprint density at radius 2 is 1.49 bits per heavy atom. The SMILES string of the molecule is COc1ccc(/C=C2\Oc3cc(OCc4c(F)c(F)c(F)c(F)c4F)cc(C)c3C2=O)cc1OC. The number of ketones is 1. The van der Waals surface area contributed by atoms with Crippen LogP contribution in [0.4, 0.5) is 22.0 Å². The third-order valence-corrected chi connectivity index (χ3v) is 5.33. The van der Waals surface area contributed by atoms with Crippen LogP contribution >= 0.6 is 0 Å². The Morgan fingerprint density at radius 3 is 2.11 bits per heavy atom. The fourth-order valence-electron chi connectivity index (χ4n) is 3.59. The molecular formula is C25H17F5O5. The second-order valence-electron chi connectivity index (χ2n) is 7.50. The Hall–Kier alpha value is -4.08. The molecule has 0 saturated carbocycles. The van der Waals surface area contributed by atoms with Gasteiger partial charge in [0.25, 0.3) is 0 Å². The van der Waals surface area contributed by atoms with Crippen molar-refractivity contribution >= 4 is 11.9 Å². The molecule has 1 aliphatic rings. The topological polar surface area (TPSA) is 54.0 Å². The van der Waals surface area contributed by atoms with E-state index in [-0.39, 0.29) is 22.8 Å². The first-order chi connectivity index (χ1) is 16.7. The predicted molar refractivity (Wildman–Crippen MR) is 114 cm³/mol. The van der Waals surface area contributed by atoms with E-state index in [0.29, 0.717) is 22.6 Å². The van der Waals surface area contributed by atoms with Crippen molar-refractivity contribution in [3.8, 4) is 23.0 Å². The van der Waals surface area contributed by atoms with Crippen molar-refractivity contribution in [1.29, 1.82) is 0 Å². The maximum Gasteiger partial charge on any atom is 0.232 e. The summed E-state index contributed by atoms with van der Waals surface area (Å²) in [4.78, 5) is 12.9. The van der Waals surface area contributed by atoms with Gasteiger partial charge in [-0.15, -0.1) is 0 Å². The van der Waals surface area contributed by atoms with Crippen molar-refractivity contribution in [2.75, 3.05) is 14.2 Å². The van der Waals surface area contributed by atoms with Crippen molar-refractivity contribution in [3.63, 3.8) is 0 Å². The van der Waals surface area contributed by atoms with Gasteiger partial charge in [0, 0.05) is 6.07 Å². The summed E-state index contributed by atoms with van der Waals surface area (Å²) in [7, 11) is 2.96. The first-order valence-electron chi connectivity index (χ1n) is 10.1. The standard InChI is InChI=1S/C25H17F5O5/c1-11-6-13(34-10-14-20(26)22(28)24(30)23(29)21(14)27)9-17-19(11)25(31)18(35-17)8-12-4-5-15(32-2)16(7-12)33-3/h4-9H,10H2,1-3H3/b18-8-. The molecule has 3 aromatic rings. The van der Waals surface area contributed by atoms with Gasteiger partial charge in [-0.3, -0.25) is 4.79 Å². The van der Waals surface area contributed by atoms with Crippen LogP contribution in [0.3, 0.4) is 0 Å². The molecule has 0 spiro atoms. The van der Waals surface area contributed by atoms with E-state index in [2.05, 4.69) is 0 Å². The van der Waals surface area contributed by atoms with Crippen LogP contribution in [-0.2, 0) is 6.61 Å². The fourth-order valence-corrected chi connectivity index (χ4v) is 3.59. The summed E-state index contributed by atoms with van der Waals surface area (Å²) in [6, 6.07) is 7.69. The summed E-state index contributed by atoms with van der Waals surface area (Å²) in [5.74, 6) is -9.66. The van der Waals surface area contributed by atoms with Crippen LogP contribution in [0, 0.1) is 36.0 Å². The molecule has 10 heteroatoms. The number of carbonyl (C=O) groups is 1. The number of ether oxygens (including phenoxy) is 4. The lowest BCUT2D eigenvalue weighted by Gasteiger charge is -2.11. The van der Waals surface area contributed by atoms with Crippen LogP contribution in [-0.4, -0.2) is 20.0 Å². The molecule has 0 bridgehead atoms. The van der Waals surface area contributed by atoms with Gasteiger partial charge in [-0.05, 0) is 42.3 Å². The zero-order valence-electron chi connectivity index (χ0n) is 18.6. The first-order valence-corrected chi connectivity index (χ1v) is 10.1. The van der Waals surface area contributed by atoms with Gasteiger partial charge < -0.3 is 18.9 Å². The van der Waals surface area contributed by atoms with Crippen LogP contribution in [0.1, 0.15) is 27.0 Å². The summed E-state index contributed by atoms with van der Waals surface area (Å²) in [6.07, 6.45) is 1.50. The normalized spacial score (nSPS) is 13.6. The lowest BCUT2D eigenvalue weighted by Crippen LogP contribution is -2.10. The van der Waals surface area contributed by atoms with Gasteiger partial charge in [-0.1, -0.05) is 6.07 Å². The van der Waals surface area contributed by atoms with E-state index in [9.17, 15) is 26.7 Å². The molecule has 182 valence electrons. The number of rotatable bonds is 6. The number of Topliss-reactive ketones (excluding diaryl/α,β-unsaturated/α-hetero) is 1. The molecule has 0 saturated heterocycles. The molecular weight excluding hydrogens is 475 g/mol. The number of carbonyl (C=O) groups excluding carboxylic acids is 1. The maximum absolute atomic E-state index is 13.9. The molecule has 0 unspecified atom stereocenters. The average Bonchev–Trinajstić information content (AvgIpc) is 3.16. The quantitative estimate of drug-likeness (QED) is 0.186. The van der Waals surface area contributed by atoms with Crippen LogP contribution < -0.4 is 18.9 Å². The van der Waals surface area contributed by atoms with Gasteiger partial charge >= 0.3 is 0 Å². The summed E-state index contributed by atoms with van der Waals surface area (Å²) in [5, 5.41) is 0. The van der Waals surface area contributed by atoms with Crippen molar-refractivity contribution in [1.82, 2.24) is 0 Å². The minimum Gasteiger partial charge on any atom is -0.493 e. The average molecular weight is 492 g/mol. The van der Waals surface area contributed by atoms with Crippen LogP contribution in [0.2, 0.25) is 0 Å². The van der Waals surface area contributed by atoms with Crippen molar-refractivity contribution in [2.24, 2.45) is 0 Å². The number of methoxy groups -OCH3 is 2. The molecule has 35 heavy (non-hydrogen) atoms. The fraction of sp³-hybridized carbons (Fsp3) is 0.160. The molecule has 1 aliphatic heterocycles. The van der Waals surface area contributed by atoms with Crippen LogP contribution in [0.5, 0.6) is 23.0 Å². The number of aryl methyl sites for hydroxylation is 1. The predicted octanol–water partition coefficient (Wildman–Crippen LogP) is 5.90. The molecule has 5 nitrogen and oxygen atoms in total. The van der Waals surface area contributed by atoms with Gasteiger partial charge in [0.15, 0.2) is 40.5 Å². The number of halogens is 5. The number of benzene rings is 3. The molecule has 1 heterocycles. The number of fused-ring (bicyclic) bond motifs is 1. The molecule has 0 fully saturated rings. The highest BCUT2D eigenvalue weighted by atomic mass is 19.2. The van der Waals surface area contributed by atoms with Gasteiger partial charge in [0.1, 0.15) is 18.1 Å². The Bertz CT molecular complexity index is 1350. The van der Waals surface area contributed by atoms with E-state index in [1.54, 1.807) is 25.1 Å². The van der Waals surface area contributed by atoms with Crippen molar-refractivity contribution in [3.05, 3.63) is 87.4 Å². The molecule has 0 amide bonds. The van der Waals surface area contributed by atoms with Gasteiger partial charge in [0.2, 0.25) is 11.6 Å². The number of hydrogen-bond acceptors (Lipinski definition) is 5. The summed E-state index contributed by atoms with van der Waals surface area (Å²) in [6.45, 7) is 0.650. The summed E-state index contributed by atoms with van der Waals surface area (Å²) in [5.41, 5.74) is 0.153. The van der Waals surface area contributed by atoms with E-state index < -0.39 is 47.0 Å². The Kier molecular flexibility index (Phi) is 6.38. The smallest absolute Gasteiger partial charge is 0.232 e. The lowest BCUT2D eigenvalue weighted by molar-refractivity contribution is 0.101. The molecule has 4 rings (SSSR count). The third-order valence-electron chi connectivity index (χ3n) is 5.33. The molecule has 0 radical (unpaired) electrons. The Balaban J connectivity index is 1.60. The van der Waals surface area contributed by atoms with E-state index in [1.165, 1.54) is 32.4 Å². The van der Waals surface area contributed by atoms with E-state index in [4.69, 9.17) is 18.9 Å². The highest BCUT2D eigenvalue weighted by molar-refractivity contribution is 6.15. The monoisotopic (exact) mass is 492 g/mol. The first kappa shape index (κ1) is 24.1. The van der Waals surface area contributed by atoms with Gasteiger partial charge in [-0.2, -0.15) is 0 Å². The molecule has 0 aromatic heterocycles. The van der Waals surface area contributed by atoms with E-state index in [0.717, 1.165) is 0 Å².